The van der Waals surface area contributed by atoms with E-state index in [4.69, 9.17) is 15.2 Å². The van der Waals surface area contributed by atoms with Crippen LogP contribution in [0.4, 0.5) is 0 Å². The normalized spacial score (nSPS) is 37.5. The van der Waals surface area contributed by atoms with Gasteiger partial charge in [0, 0.05) is 12.5 Å². The van der Waals surface area contributed by atoms with Crippen LogP contribution in [0.3, 0.4) is 0 Å². The molecule has 0 heterocycles. The predicted molar refractivity (Wildman–Crippen MR) is 69.2 cm³/mol. The van der Waals surface area contributed by atoms with E-state index in [2.05, 4.69) is 0 Å². The van der Waals surface area contributed by atoms with Gasteiger partial charge in [-0.3, -0.25) is 0 Å². The number of ether oxygens (including phenoxy) is 2. The Bertz CT molecular complexity index is 245. The average Bonchev–Trinajstić information content (AvgIpc) is 2.27. The lowest BCUT2D eigenvalue weighted by molar-refractivity contribution is -0.166. The van der Waals surface area contributed by atoms with E-state index in [0.717, 1.165) is 0 Å². The molecule has 0 spiro atoms. The van der Waals surface area contributed by atoms with Crippen LogP contribution in [0.2, 0.25) is 0 Å². The quantitative estimate of drug-likeness (QED) is 0.661. The van der Waals surface area contributed by atoms with Crippen LogP contribution in [0, 0.1) is 5.92 Å². The summed E-state index contributed by atoms with van der Waals surface area (Å²) >= 11 is 0. The molecule has 1 fully saturated rings. The maximum atomic E-state index is 10.2. The molecule has 4 N–H and O–H groups in total. The van der Waals surface area contributed by atoms with E-state index in [9.17, 15) is 10.2 Å². The second-order valence-corrected chi connectivity index (χ2v) is 5.62. The lowest BCUT2D eigenvalue weighted by Gasteiger charge is -2.43. The van der Waals surface area contributed by atoms with Crippen molar-refractivity contribution >= 4 is 0 Å². The monoisotopic (exact) mass is 261 g/mol. The molecule has 5 heteroatoms. The fourth-order valence-electron chi connectivity index (χ4n) is 2.49. The Morgan fingerprint density at radius 2 is 1.72 bits per heavy atom. The van der Waals surface area contributed by atoms with E-state index >= 15 is 0 Å². The van der Waals surface area contributed by atoms with Crippen LogP contribution in [0.25, 0.3) is 0 Å². The number of aliphatic hydroxyl groups is 2. The summed E-state index contributed by atoms with van der Waals surface area (Å²) in [5.74, 6) is -0.133. The first-order chi connectivity index (χ1) is 8.36. The highest BCUT2D eigenvalue weighted by Crippen LogP contribution is 2.30. The minimum atomic E-state index is -0.804. The molecule has 0 radical (unpaired) electrons. The highest BCUT2D eigenvalue weighted by Gasteiger charge is 2.44. The van der Waals surface area contributed by atoms with Crippen molar-refractivity contribution < 1.29 is 19.7 Å². The Labute approximate surface area is 109 Å². The maximum absolute atomic E-state index is 10.2. The van der Waals surface area contributed by atoms with E-state index in [1.807, 2.05) is 27.7 Å². The second-order valence-electron chi connectivity index (χ2n) is 5.62. The molecule has 0 aromatic rings. The molecule has 1 aliphatic carbocycles. The molecule has 5 nitrogen and oxygen atoms in total. The molecule has 0 aromatic heterocycles. The highest BCUT2D eigenvalue weighted by molar-refractivity contribution is 4.96. The summed E-state index contributed by atoms with van der Waals surface area (Å²) in [6, 6.07) is -0.473. The van der Waals surface area contributed by atoms with Gasteiger partial charge in [0.05, 0.1) is 36.6 Å². The van der Waals surface area contributed by atoms with Gasteiger partial charge < -0.3 is 25.4 Å². The Balaban J connectivity index is 2.74. The standard InChI is InChI=1S/C13H27NO4/c1-7(2)17-10-5-9(6-15)13(18-8(3)4)12(16)11(10)14/h7-13,15-16H,5-6,14H2,1-4H3. The smallest absolute Gasteiger partial charge is 0.0981 e. The summed E-state index contributed by atoms with van der Waals surface area (Å²) in [6.07, 6.45) is -0.795. The van der Waals surface area contributed by atoms with Crippen LogP contribution in [-0.4, -0.2) is 53.4 Å². The van der Waals surface area contributed by atoms with Crippen molar-refractivity contribution in [1.29, 1.82) is 0 Å². The average molecular weight is 261 g/mol. The van der Waals surface area contributed by atoms with E-state index in [1.165, 1.54) is 0 Å². The van der Waals surface area contributed by atoms with Crippen molar-refractivity contribution in [2.75, 3.05) is 6.61 Å². The molecule has 0 bridgehead atoms. The van der Waals surface area contributed by atoms with Gasteiger partial charge in [-0.15, -0.1) is 0 Å². The van der Waals surface area contributed by atoms with E-state index in [0.29, 0.717) is 6.42 Å². The predicted octanol–water partition coefficient (Wildman–Crippen LogP) is 0.274. The lowest BCUT2D eigenvalue weighted by atomic mass is 9.79. The van der Waals surface area contributed by atoms with Crippen molar-refractivity contribution in [2.24, 2.45) is 11.7 Å². The molecular weight excluding hydrogens is 234 g/mol. The molecule has 5 unspecified atom stereocenters. The zero-order valence-corrected chi connectivity index (χ0v) is 11.7. The van der Waals surface area contributed by atoms with E-state index in [-0.39, 0.29) is 30.8 Å². The fourth-order valence-corrected chi connectivity index (χ4v) is 2.49. The maximum Gasteiger partial charge on any atom is 0.0981 e. The minimum absolute atomic E-state index is 0.00605. The molecule has 108 valence electrons. The third-order valence-electron chi connectivity index (χ3n) is 3.27. The topological polar surface area (TPSA) is 84.9 Å². The fraction of sp³-hybridized carbons (Fsp3) is 1.00. The van der Waals surface area contributed by atoms with Crippen molar-refractivity contribution in [1.82, 2.24) is 0 Å². The van der Waals surface area contributed by atoms with Gasteiger partial charge in [-0.05, 0) is 34.1 Å². The van der Waals surface area contributed by atoms with Crippen LogP contribution in [0.15, 0.2) is 0 Å². The molecule has 1 saturated carbocycles. The summed E-state index contributed by atoms with van der Waals surface area (Å²) in [7, 11) is 0. The first kappa shape index (κ1) is 15.9. The van der Waals surface area contributed by atoms with Crippen LogP contribution in [0.5, 0.6) is 0 Å². The van der Waals surface area contributed by atoms with Gasteiger partial charge >= 0.3 is 0 Å². The van der Waals surface area contributed by atoms with Gasteiger partial charge in [-0.1, -0.05) is 0 Å². The third kappa shape index (κ3) is 3.90. The van der Waals surface area contributed by atoms with Crippen molar-refractivity contribution in [3.8, 4) is 0 Å². The van der Waals surface area contributed by atoms with Crippen molar-refractivity contribution in [3.63, 3.8) is 0 Å². The molecular formula is C13H27NO4. The third-order valence-corrected chi connectivity index (χ3v) is 3.27. The van der Waals surface area contributed by atoms with E-state index < -0.39 is 18.2 Å². The number of aliphatic hydroxyl groups excluding tert-OH is 2. The Morgan fingerprint density at radius 3 is 2.17 bits per heavy atom. The summed E-state index contributed by atoms with van der Waals surface area (Å²) in [5.41, 5.74) is 6.02. The van der Waals surface area contributed by atoms with Crippen LogP contribution in [0.1, 0.15) is 34.1 Å². The number of hydrogen-bond acceptors (Lipinski definition) is 5. The summed E-state index contributed by atoms with van der Waals surface area (Å²) in [6.45, 7) is 7.65. The Hall–Kier alpha value is -0.200. The number of nitrogens with two attached hydrogens (primary N) is 1. The summed E-state index contributed by atoms with van der Waals surface area (Å²) in [5, 5.41) is 19.7. The van der Waals surface area contributed by atoms with Gasteiger partial charge in [0.25, 0.3) is 0 Å². The second kappa shape index (κ2) is 6.82. The van der Waals surface area contributed by atoms with Crippen LogP contribution in [-0.2, 0) is 9.47 Å². The van der Waals surface area contributed by atoms with Gasteiger partial charge in [-0.2, -0.15) is 0 Å². The molecule has 0 amide bonds. The van der Waals surface area contributed by atoms with Gasteiger partial charge in [0.1, 0.15) is 0 Å². The SMILES string of the molecule is CC(C)OC1CC(CO)C(OC(C)C)C(O)C1N. The van der Waals surface area contributed by atoms with Crippen molar-refractivity contribution in [3.05, 3.63) is 0 Å². The minimum Gasteiger partial charge on any atom is -0.396 e. The molecule has 0 aliphatic heterocycles. The molecule has 1 aliphatic rings. The lowest BCUT2D eigenvalue weighted by Crippen LogP contribution is -2.60. The van der Waals surface area contributed by atoms with Gasteiger partial charge in [0.2, 0.25) is 0 Å². The molecule has 0 aromatic carbocycles. The largest absolute Gasteiger partial charge is 0.396 e. The molecule has 5 atom stereocenters. The number of hydrogen-bond donors (Lipinski definition) is 3. The first-order valence-electron chi connectivity index (χ1n) is 6.72. The van der Waals surface area contributed by atoms with Gasteiger partial charge in [-0.25, -0.2) is 0 Å². The Kier molecular flexibility index (Phi) is 6.01. The first-order valence-corrected chi connectivity index (χ1v) is 6.72. The van der Waals surface area contributed by atoms with Gasteiger partial charge in [0.15, 0.2) is 0 Å². The Morgan fingerprint density at radius 1 is 1.17 bits per heavy atom. The summed E-state index contributed by atoms with van der Waals surface area (Å²) in [4.78, 5) is 0. The van der Waals surface area contributed by atoms with E-state index in [1.54, 1.807) is 0 Å². The zero-order chi connectivity index (χ0) is 13.9. The van der Waals surface area contributed by atoms with Crippen LogP contribution < -0.4 is 5.73 Å². The number of rotatable bonds is 5. The molecule has 18 heavy (non-hydrogen) atoms. The van der Waals surface area contributed by atoms with Crippen molar-refractivity contribution in [2.45, 2.75) is 70.7 Å². The molecule has 0 saturated heterocycles. The van der Waals surface area contributed by atoms with Crippen LogP contribution >= 0.6 is 0 Å². The highest BCUT2D eigenvalue weighted by atomic mass is 16.5. The molecule has 1 rings (SSSR count). The zero-order valence-electron chi connectivity index (χ0n) is 11.7. The summed E-state index contributed by atoms with van der Waals surface area (Å²) < 4.78 is 11.4.